The molecule has 15 N–H and O–H groups in total. The number of nitrogens with one attached hydrogen (secondary N) is 1. The van der Waals surface area contributed by atoms with Crippen LogP contribution in [0.2, 0.25) is 0 Å². The standard InChI is InChI=1S/C62H90N13O14P.C2H4O2.Co/c1-29-20-39-40(21-30(29)2)75(28-70-39)57-52(84)53(41(27-76)87-57)89-90(85,86)88-31(3)26-69-49(83)18-19-59(8)37(22-46(66)80)56-62(11)61(10,25-48(68)82)36(14-17-45(65)79)51(74-62)33(5)55-60(9,24-47(67)81)34(12-15-43(63)77)38(71-55)23-42-58(6,7)35(13-16-44(64)78)50(72-42)32(4)54(59)73-56;1-2(3)4;/h20-21,23,28,31,34-37,41,52-53,56-57,76,84H,12-19,22,24-27H2,1-11H3,(H15,63,64,65,66,67,68,69,71,72,73,74,77,78,79,80,81,82,83,85,86);1H3,(H,3,4);/q;;+3/p-3/t31-,34-,35-,36-,37+,41-,52-,53-,56?,57+,59-,60+,61+,62+;;/m1../s1. The Labute approximate surface area is 562 Å². The number of ether oxygens (including phenoxy) is 1. The van der Waals surface area contributed by atoms with Gasteiger partial charge >= 0.3 is 16.8 Å². The number of aliphatic hydroxyl groups excluding tert-OH is 2. The number of benzene rings is 1. The molecule has 6 aliphatic heterocycles. The van der Waals surface area contributed by atoms with E-state index in [1.165, 1.54) is 17.8 Å². The predicted octanol–water partition coefficient (Wildman–Crippen LogP) is 2.07. The summed E-state index contributed by atoms with van der Waals surface area (Å²) < 4.78 is 31.9. The first-order valence-corrected chi connectivity index (χ1v) is 32.9. The van der Waals surface area contributed by atoms with E-state index in [0.717, 1.165) is 18.1 Å². The summed E-state index contributed by atoms with van der Waals surface area (Å²) in [7, 11) is -5.32. The van der Waals surface area contributed by atoms with Gasteiger partial charge in [0, 0.05) is 114 Å². The van der Waals surface area contributed by atoms with E-state index in [1.807, 2.05) is 80.5 Å². The Morgan fingerprint density at radius 2 is 1.36 bits per heavy atom. The summed E-state index contributed by atoms with van der Waals surface area (Å²) in [5.74, 6) is -8.49. The number of primary amides is 6. The molecule has 522 valence electrons. The number of carbonyl (C=O) groups is 8. The van der Waals surface area contributed by atoms with Gasteiger partial charge in [-0.05, 0) is 126 Å². The van der Waals surface area contributed by atoms with Crippen molar-refractivity contribution in [2.24, 2.45) is 94.7 Å². The maximum Gasteiger partial charge on any atom is 3.00 e. The van der Waals surface area contributed by atoms with Gasteiger partial charge in [0.1, 0.15) is 18.3 Å². The minimum atomic E-state index is -5.32. The van der Waals surface area contributed by atoms with Gasteiger partial charge < -0.3 is 88.4 Å². The quantitative estimate of drug-likeness (QED) is 0.0609. The SMILES string of the molecule is C/C1=C2/[N-]C([C@H](CC(N)=O)[C@@]2(C)CCC(=O)NC[C@@H](C)OP(=O)([O-])O[C@H]2[C@@H](O)[C@@H](n3cnc4cc(C)c(C)cc43)O[C@@H]2CO)[C@]2(C)N=C(/C(C)=C3N=C(/C=C4N=C1[C@@H](CCC(N)=O)C\4(C)C)[C@@H](CCC(N)=O)[C@]\3(C)CC(N)=O)[C@@H](CCC(N)=O)[C@]2(C)CC(N)=O.CC(=O)[O-].[Co+3]. The Balaban J connectivity index is 0.00000278. The number of aliphatic carboxylic acids is 1. The molecule has 0 saturated carbocycles. The average Bonchev–Trinajstić information content (AvgIpc) is 1.53. The molecule has 0 spiro atoms. The van der Waals surface area contributed by atoms with Crippen LogP contribution in [0.4, 0.5) is 0 Å². The van der Waals surface area contributed by atoms with Crippen molar-refractivity contribution in [2.75, 3.05) is 13.2 Å². The fourth-order valence-corrected chi connectivity index (χ4v) is 16.4. The van der Waals surface area contributed by atoms with Crippen LogP contribution in [0.3, 0.4) is 0 Å². The number of allylic oxidation sites excluding steroid dienone is 6. The number of amides is 7. The normalized spacial score (nSPS) is 32.7. The summed E-state index contributed by atoms with van der Waals surface area (Å²) in [6.07, 6.45) is -4.79. The summed E-state index contributed by atoms with van der Waals surface area (Å²) in [5, 5.41) is 39.0. The van der Waals surface area contributed by atoms with Crippen molar-refractivity contribution in [3.63, 3.8) is 0 Å². The minimum Gasteiger partial charge on any atom is -0.756 e. The van der Waals surface area contributed by atoms with Gasteiger partial charge in [-0.25, -0.2) is 4.98 Å². The van der Waals surface area contributed by atoms with E-state index < -0.39 is 149 Å². The number of rotatable bonds is 26. The third-order valence-corrected chi connectivity index (χ3v) is 21.6. The van der Waals surface area contributed by atoms with Gasteiger partial charge in [0.2, 0.25) is 41.4 Å². The van der Waals surface area contributed by atoms with Gasteiger partial charge in [0.25, 0.3) is 7.82 Å². The van der Waals surface area contributed by atoms with Crippen LogP contribution in [-0.4, -0.2) is 133 Å². The topological polar surface area (TPSA) is 505 Å². The molecule has 2 unspecified atom stereocenters. The van der Waals surface area contributed by atoms with Gasteiger partial charge in [0.05, 0.1) is 41.3 Å². The Morgan fingerprint density at radius 1 is 0.789 bits per heavy atom. The van der Waals surface area contributed by atoms with E-state index in [9.17, 15) is 53.2 Å². The van der Waals surface area contributed by atoms with E-state index in [0.29, 0.717) is 56.4 Å². The van der Waals surface area contributed by atoms with Crippen LogP contribution in [0.1, 0.15) is 157 Å². The van der Waals surface area contributed by atoms with Crippen molar-refractivity contribution in [2.45, 2.75) is 196 Å². The number of nitrogens with zero attached hydrogens (tertiary/aromatic N) is 6. The molecule has 15 atom stereocenters. The number of aliphatic imine (C=N–C) groups is 3. The molecule has 6 aliphatic rings. The maximum absolute atomic E-state index is 14.4. The van der Waals surface area contributed by atoms with E-state index >= 15 is 0 Å². The number of imidazole rings is 1. The number of hydrogen-bond acceptors (Lipinski definition) is 20. The molecule has 8 bridgehead atoms. The van der Waals surface area contributed by atoms with E-state index in [2.05, 4.69) is 10.3 Å². The van der Waals surface area contributed by atoms with Gasteiger partial charge in [0.15, 0.2) is 6.23 Å². The first-order chi connectivity index (χ1) is 43.6. The number of hydrogen-bond donors (Lipinski definition) is 9. The number of carbonyl (C=O) groups excluding carboxylic acids is 8. The van der Waals surface area contributed by atoms with Crippen LogP contribution in [-0.2, 0) is 73.5 Å². The van der Waals surface area contributed by atoms with E-state index in [1.54, 1.807) is 6.92 Å². The Hall–Kier alpha value is -7.02. The molecule has 2 fully saturated rings. The van der Waals surface area contributed by atoms with Crippen LogP contribution in [0.25, 0.3) is 16.4 Å². The Bertz CT molecular complexity index is 3650. The van der Waals surface area contributed by atoms with Crippen LogP contribution in [0.5, 0.6) is 0 Å². The molecule has 1 aromatic heterocycles. The molecule has 7 amide bonds. The molecule has 7 heterocycles. The minimum absolute atomic E-state index is 0. The Morgan fingerprint density at radius 3 is 1.92 bits per heavy atom. The summed E-state index contributed by atoms with van der Waals surface area (Å²) in [6.45, 7) is 19.9. The van der Waals surface area contributed by atoms with Gasteiger partial charge in [-0.15, -0.1) is 0 Å². The zero-order valence-corrected chi connectivity index (χ0v) is 57.7. The molecule has 1 aromatic carbocycles. The molecule has 29 nitrogen and oxygen atoms in total. The van der Waals surface area contributed by atoms with Gasteiger partial charge in [-0.3, -0.25) is 53.1 Å². The number of aromatic nitrogens is 2. The summed E-state index contributed by atoms with van der Waals surface area (Å²) in [6, 6.07) is 2.65. The Kier molecular flexibility index (Phi) is 23.8. The number of phosphoric ester groups is 1. The molecule has 95 heavy (non-hydrogen) atoms. The largest absolute Gasteiger partial charge is 3.00 e. The first kappa shape index (κ1) is 77.0. The second-order valence-corrected chi connectivity index (χ2v) is 28.8. The average molecular weight is 1390 g/mol. The molecule has 31 heteroatoms. The van der Waals surface area contributed by atoms with Crippen LogP contribution < -0.4 is 49.7 Å². The first-order valence-electron chi connectivity index (χ1n) is 31.4. The summed E-state index contributed by atoms with van der Waals surface area (Å²) in [5.41, 5.74) is 36.7. The zero-order chi connectivity index (χ0) is 70.3. The van der Waals surface area contributed by atoms with Crippen molar-refractivity contribution in [1.29, 1.82) is 0 Å². The maximum atomic E-state index is 14.4. The van der Waals surface area contributed by atoms with Crippen molar-refractivity contribution in [3.05, 3.63) is 69.2 Å². The molecule has 8 rings (SSSR count). The number of carboxylic acid groups (broad SMARTS) is 1. The molecular weight excluding hydrogens is 1300 g/mol. The van der Waals surface area contributed by atoms with Crippen molar-refractivity contribution in [3.8, 4) is 0 Å². The molecule has 2 aromatic rings. The smallest absolute Gasteiger partial charge is 0.756 e. The van der Waals surface area contributed by atoms with Crippen molar-refractivity contribution in [1.82, 2.24) is 14.9 Å². The predicted molar refractivity (Wildman–Crippen MR) is 342 cm³/mol. The van der Waals surface area contributed by atoms with Crippen LogP contribution >= 0.6 is 7.82 Å². The monoisotopic (exact) mass is 1390 g/mol. The van der Waals surface area contributed by atoms with Crippen molar-refractivity contribution < 1.29 is 93.7 Å². The summed E-state index contributed by atoms with van der Waals surface area (Å²) >= 11 is 0. The fraction of sp³-hybridized carbons (Fsp3) is 0.625. The number of aryl methyl sites for hydroxylation is 2. The molecule has 2 saturated heterocycles. The van der Waals surface area contributed by atoms with Crippen LogP contribution in [0.15, 0.2) is 67.8 Å². The van der Waals surface area contributed by atoms with Crippen molar-refractivity contribution >= 4 is 83.3 Å². The molecule has 0 aliphatic carbocycles. The zero-order valence-electron chi connectivity index (χ0n) is 55.8. The van der Waals surface area contributed by atoms with E-state index in [4.69, 9.17) is 78.4 Å². The second-order valence-electron chi connectivity index (χ2n) is 27.5. The van der Waals surface area contributed by atoms with Gasteiger partial charge in [-0.2, -0.15) is 5.70 Å². The number of carboxylic acids is 1. The fourth-order valence-electron chi connectivity index (χ4n) is 15.3. The van der Waals surface area contributed by atoms with E-state index in [-0.39, 0.29) is 94.0 Å². The molecular formula is C64H91CoN13O16P. The molecule has 0 radical (unpaired) electrons. The van der Waals surface area contributed by atoms with Crippen LogP contribution in [0, 0.1) is 59.2 Å². The second kappa shape index (κ2) is 29.4. The number of aliphatic hydroxyl groups is 2. The summed E-state index contributed by atoms with van der Waals surface area (Å²) in [4.78, 5) is 137. The van der Waals surface area contributed by atoms with Gasteiger partial charge in [-0.1, -0.05) is 40.7 Å². The number of phosphoric acid groups is 1. The third-order valence-electron chi connectivity index (χ3n) is 20.5. The number of fused-ring (bicyclic) bond motifs is 7. The number of nitrogens with two attached hydrogens (primary N) is 6. The third kappa shape index (κ3) is 15.7.